The Morgan fingerprint density at radius 3 is 2.65 bits per heavy atom. The highest BCUT2D eigenvalue weighted by Gasteiger charge is 2.51. The largest absolute Gasteiger partial charge is 0.464 e. The average molecular weight is 418 g/mol. The predicted molar refractivity (Wildman–Crippen MR) is 116 cm³/mol. The van der Waals surface area contributed by atoms with Crippen molar-refractivity contribution in [2.75, 3.05) is 13.2 Å². The fraction of sp³-hybridized carbons (Fsp3) is 0.333. The second-order valence-electron chi connectivity index (χ2n) is 7.72. The van der Waals surface area contributed by atoms with Gasteiger partial charge in [0, 0.05) is 31.6 Å². The summed E-state index contributed by atoms with van der Waals surface area (Å²) < 4.78 is 7.34. The third-order valence-electron chi connectivity index (χ3n) is 5.80. The molecule has 0 saturated carbocycles. The summed E-state index contributed by atoms with van der Waals surface area (Å²) in [6.07, 6.45) is 6.88. The smallest absolute Gasteiger partial charge is 0.332 e. The van der Waals surface area contributed by atoms with Gasteiger partial charge in [0.05, 0.1) is 12.3 Å². The molecule has 160 valence electrons. The van der Waals surface area contributed by atoms with Gasteiger partial charge in [-0.15, -0.1) is 0 Å². The van der Waals surface area contributed by atoms with Gasteiger partial charge in [0.1, 0.15) is 17.1 Å². The third kappa shape index (κ3) is 3.95. The van der Waals surface area contributed by atoms with Crippen LogP contribution in [0.3, 0.4) is 0 Å². The predicted octanol–water partition coefficient (Wildman–Crippen LogP) is 3.36. The maximum absolute atomic E-state index is 13.6. The van der Waals surface area contributed by atoms with Gasteiger partial charge < -0.3 is 14.2 Å². The Hall–Kier alpha value is -3.48. The molecular formula is C24H26N4O3. The summed E-state index contributed by atoms with van der Waals surface area (Å²) in [6, 6.07) is 13.3. The lowest BCUT2D eigenvalue weighted by molar-refractivity contribution is -0.154. The van der Waals surface area contributed by atoms with Crippen molar-refractivity contribution < 1.29 is 14.3 Å². The number of aromatic nitrogens is 3. The van der Waals surface area contributed by atoms with Crippen molar-refractivity contribution in [3.8, 4) is 5.69 Å². The molecule has 7 nitrogen and oxygen atoms in total. The van der Waals surface area contributed by atoms with E-state index in [1.54, 1.807) is 30.3 Å². The van der Waals surface area contributed by atoms with Crippen molar-refractivity contribution in [3.63, 3.8) is 0 Å². The van der Waals surface area contributed by atoms with Gasteiger partial charge >= 0.3 is 5.97 Å². The van der Waals surface area contributed by atoms with Crippen LogP contribution in [-0.2, 0) is 16.0 Å². The SMILES string of the molecule is CCOC(=O)C1(Cc2ccccc2)CCCN1C(=O)c1cc(-n2ccnc2C)ccn1. The van der Waals surface area contributed by atoms with E-state index < -0.39 is 5.54 Å². The fourth-order valence-electron chi connectivity index (χ4n) is 4.32. The summed E-state index contributed by atoms with van der Waals surface area (Å²) in [5.74, 6) is 0.197. The van der Waals surface area contributed by atoms with E-state index in [4.69, 9.17) is 4.74 Å². The summed E-state index contributed by atoms with van der Waals surface area (Å²) in [5, 5.41) is 0. The molecule has 1 aromatic carbocycles. The zero-order valence-electron chi connectivity index (χ0n) is 17.8. The van der Waals surface area contributed by atoms with Crippen LogP contribution in [0.5, 0.6) is 0 Å². The number of pyridine rings is 1. The lowest BCUT2D eigenvalue weighted by Crippen LogP contribution is -2.55. The molecule has 1 unspecified atom stereocenters. The first kappa shape index (κ1) is 20.8. The Morgan fingerprint density at radius 1 is 1.13 bits per heavy atom. The van der Waals surface area contributed by atoms with Crippen LogP contribution in [0.25, 0.3) is 5.69 Å². The quantitative estimate of drug-likeness (QED) is 0.574. The second kappa shape index (κ2) is 8.71. The highest BCUT2D eigenvalue weighted by Crippen LogP contribution is 2.35. The summed E-state index contributed by atoms with van der Waals surface area (Å²) in [7, 11) is 0. The van der Waals surface area contributed by atoms with Crippen LogP contribution in [0.15, 0.2) is 61.1 Å². The Bertz CT molecular complexity index is 1080. The minimum atomic E-state index is -1.03. The van der Waals surface area contributed by atoms with Crippen molar-refractivity contribution in [3.05, 3.63) is 78.1 Å². The van der Waals surface area contributed by atoms with Gasteiger partial charge in [0.15, 0.2) is 0 Å². The van der Waals surface area contributed by atoms with Gasteiger partial charge in [0.25, 0.3) is 5.91 Å². The van der Waals surface area contributed by atoms with Crippen molar-refractivity contribution >= 4 is 11.9 Å². The number of hydrogen-bond donors (Lipinski definition) is 0. The number of carbonyl (C=O) groups is 2. The van der Waals surface area contributed by atoms with Crippen LogP contribution in [0, 0.1) is 6.92 Å². The summed E-state index contributed by atoms with van der Waals surface area (Å²) >= 11 is 0. The number of carbonyl (C=O) groups excluding carboxylic acids is 2. The fourth-order valence-corrected chi connectivity index (χ4v) is 4.32. The molecule has 31 heavy (non-hydrogen) atoms. The van der Waals surface area contributed by atoms with Crippen molar-refractivity contribution in [1.82, 2.24) is 19.4 Å². The minimum Gasteiger partial charge on any atom is -0.464 e. The molecule has 0 bridgehead atoms. The molecule has 7 heteroatoms. The zero-order valence-corrected chi connectivity index (χ0v) is 17.8. The monoisotopic (exact) mass is 418 g/mol. The lowest BCUT2D eigenvalue weighted by Gasteiger charge is -2.36. The van der Waals surface area contributed by atoms with Crippen molar-refractivity contribution in [2.24, 2.45) is 0 Å². The molecule has 0 N–H and O–H groups in total. The van der Waals surface area contributed by atoms with Gasteiger partial charge in [0.2, 0.25) is 0 Å². The first-order chi connectivity index (χ1) is 15.0. The number of likely N-dealkylation sites (tertiary alicyclic amines) is 1. The minimum absolute atomic E-state index is 0.263. The Balaban J connectivity index is 1.70. The van der Waals surface area contributed by atoms with Gasteiger partial charge in [-0.3, -0.25) is 9.78 Å². The molecule has 3 heterocycles. The van der Waals surface area contributed by atoms with Crippen molar-refractivity contribution in [1.29, 1.82) is 0 Å². The summed E-state index contributed by atoms with van der Waals surface area (Å²) in [6.45, 7) is 4.44. The molecular weight excluding hydrogens is 392 g/mol. The van der Waals surface area contributed by atoms with Crippen LogP contribution >= 0.6 is 0 Å². The van der Waals surface area contributed by atoms with Crippen LogP contribution < -0.4 is 0 Å². The molecule has 0 aliphatic carbocycles. The Kier molecular flexibility index (Phi) is 5.84. The van der Waals surface area contributed by atoms with Gasteiger partial charge in [-0.25, -0.2) is 9.78 Å². The molecule has 3 aromatic rings. The van der Waals surface area contributed by atoms with E-state index in [0.717, 1.165) is 23.5 Å². The highest BCUT2D eigenvalue weighted by molar-refractivity contribution is 5.97. The van der Waals surface area contributed by atoms with Crippen LogP contribution in [0.2, 0.25) is 0 Å². The maximum atomic E-state index is 13.6. The lowest BCUT2D eigenvalue weighted by atomic mass is 9.87. The topological polar surface area (TPSA) is 77.3 Å². The molecule has 0 radical (unpaired) electrons. The molecule has 1 amide bonds. The molecule has 1 atom stereocenters. The number of rotatable bonds is 6. The van der Waals surface area contributed by atoms with E-state index in [0.29, 0.717) is 25.1 Å². The number of esters is 1. The first-order valence-electron chi connectivity index (χ1n) is 10.5. The number of nitrogens with zero attached hydrogens (tertiary/aromatic N) is 4. The maximum Gasteiger partial charge on any atom is 0.332 e. The third-order valence-corrected chi connectivity index (χ3v) is 5.80. The standard InChI is InChI=1S/C24H26N4O3/c1-3-31-23(30)24(17-19-8-5-4-6-9-19)11-7-14-28(24)22(29)21-16-20(10-12-26-21)27-15-13-25-18(27)2/h4-6,8-10,12-13,15-16H,3,7,11,14,17H2,1-2H3. The second-order valence-corrected chi connectivity index (χ2v) is 7.72. The normalized spacial score (nSPS) is 18.2. The van der Waals surface area contributed by atoms with E-state index in [9.17, 15) is 9.59 Å². The number of ether oxygens (including phenoxy) is 1. The molecule has 1 aliphatic heterocycles. The molecule has 0 spiro atoms. The van der Waals surface area contributed by atoms with Crippen LogP contribution in [0.1, 0.15) is 41.6 Å². The number of aryl methyl sites for hydroxylation is 1. The Morgan fingerprint density at radius 2 is 1.94 bits per heavy atom. The van der Waals surface area contributed by atoms with Gasteiger partial charge in [-0.2, -0.15) is 0 Å². The molecule has 1 fully saturated rings. The van der Waals surface area contributed by atoms with E-state index in [2.05, 4.69) is 9.97 Å². The van der Waals surface area contributed by atoms with Crippen LogP contribution in [-0.4, -0.2) is 50.0 Å². The first-order valence-corrected chi connectivity index (χ1v) is 10.5. The van der Waals surface area contributed by atoms with E-state index in [1.165, 1.54) is 0 Å². The Labute approximate surface area is 181 Å². The highest BCUT2D eigenvalue weighted by atomic mass is 16.5. The number of hydrogen-bond acceptors (Lipinski definition) is 5. The van der Waals surface area contributed by atoms with E-state index >= 15 is 0 Å². The molecule has 4 rings (SSSR count). The number of imidazole rings is 1. The van der Waals surface area contributed by atoms with E-state index in [1.807, 2.05) is 54.1 Å². The average Bonchev–Trinajstić information content (AvgIpc) is 3.41. The number of amides is 1. The van der Waals surface area contributed by atoms with Crippen LogP contribution in [0.4, 0.5) is 0 Å². The molecule has 1 saturated heterocycles. The van der Waals surface area contributed by atoms with Gasteiger partial charge in [-0.05, 0) is 44.4 Å². The zero-order chi connectivity index (χ0) is 21.8. The summed E-state index contributed by atoms with van der Waals surface area (Å²) in [4.78, 5) is 37.0. The molecule has 1 aliphatic rings. The van der Waals surface area contributed by atoms with E-state index in [-0.39, 0.29) is 18.5 Å². The molecule has 2 aromatic heterocycles. The van der Waals surface area contributed by atoms with Gasteiger partial charge in [-0.1, -0.05) is 30.3 Å². The number of benzene rings is 1. The summed E-state index contributed by atoms with van der Waals surface area (Å²) in [5.41, 5.74) is 1.06. The van der Waals surface area contributed by atoms with Crippen molar-refractivity contribution in [2.45, 2.75) is 38.6 Å².